The fourth-order valence-corrected chi connectivity index (χ4v) is 2.78. The number of halogens is 1. The van der Waals surface area contributed by atoms with Crippen molar-refractivity contribution in [2.75, 3.05) is 6.61 Å². The first-order valence-corrected chi connectivity index (χ1v) is 8.73. The molecule has 1 amide bonds. The molecule has 0 aliphatic heterocycles. The molecule has 2 aromatic rings. The van der Waals surface area contributed by atoms with Gasteiger partial charge in [-0.05, 0) is 24.6 Å². The summed E-state index contributed by atoms with van der Waals surface area (Å²) in [6, 6.07) is 6.73. The summed E-state index contributed by atoms with van der Waals surface area (Å²) in [5.74, 6) is -1.29. The van der Waals surface area contributed by atoms with Crippen LogP contribution < -0.4 is 16.6 Å². The van der Waals surface area contributed by atoms with E-state index >= 15 is 0 Å². The third-order valence-electron chi connectivity index (χ3n) is 3.97. The summed E-state index contributed by atoms with van der Waals surface area (Å²) in [7, 11) is 2.83. The summed E-state index contributed by atoms with van der Waals surface area (Å²) in [5, 5.41) is 3.20. The van der Waals surface area contributed by atoms with Crippen LogP contribution in [0.25, 0.3) is 6.08 Å². The van der Waals surface area contributed by atoms with Crippen molar-refractivity contribution < 1.29 is 14.3 Å². The number of carbonyl (C=O) groups is 2. The monoisotopic (exact) mass is 405 g/mol. The first kappa shape index (κ1) is 21.2. The molecule has 28 heavy (non-hydrogen) atoms. The summed E-state index contributed by atoms with van der Waals surface area (Å²) < 4.78 is 7.01. The van der Waals surface area contributed by atoms with E-state index in [0.29, 0.717) is 5.02 Å². The minimum Gasteiger partial charge on any atom is -0.452 e. The second kappa shape index (κ2) is 9.18. The number of nitrogens with one attached hydrogen (secondary N) is 1. The highest BCUT2D eigenvalue weighted by Crippen LogP contribution is 2.21. The Morgan fingerprint density at radius 2 is 1.93 bits per heavy atom. The highest BCUT2D eigenvalue weighted by molar-refractivity contribution is 6.31. The topological polar surface area (TPSA) is 99.4 Å². The highest BCUT2D eigenvalue weighted by Gasteiger charge is 2.13. The normalized spacial score (nSPS) is 12.0. The van der Waals surface area contributed by atoms with Crippen molar-refractivity contribution >= 4 is 29.6 Å². The lowest BCUT2D eigenvalue weighted by Gasteiger charge is -2.15. The first-order chi connectivity index (χ1) is 13.2. The summed E-state index contributed by atoms with van der Waals surface area (Å²) >= 11 is 6.08. The molecular weight excluding hydrogens is 386 g/mol. The molecule has 2 rings (SSSR count). The Morgan fingerprint density at radius 3 is 2.61 bits per heavy atom. The van der Waals surface area contributed by atoms with Crippen LogP contribution in [0.1, 0.15) is 24.1 Å². The van der Waals surface area contributed by atoms with E-state index in [0.717, 1.165) is 16.2 Å². The van der Waals surface area contributed by atoms with E-state index in [1.165, 1.54) is 30.9 Å². The van der Waals surface area contributed by atoms with Crippen molar-refractivity contribution in [3.63, 3.8) is 0 Å². The summed E-state index contributed by atoms with van der Waals surface area (Å²) in [6.45, 7) is 1.28. The van der Waals surface area contributed by atoms with Gasteiger partial charge in [0.1, 0.15) is 0 Å². The van der Waals surface area contributed by atoms with E-state index in [1.54, 1.807) is 31.2 Å². The Hall–Kier alpha value is -3.13. The average molecular weight is 406 g/mol. The second-order valence-corrected chi connectivity index (χ2v) is 6.50. The van der Waals surface area contributed by atoms with E-state index in [-0.39, 0.29) is 11.6 Å². The molecule has 8 nitrogen and oxygen atoms in total. The second-order valence-electron chi connectivity index (χ2n) is 6.09. The standard InChI is InChI=1S/C19H20ClN3O5/c1-12(14-6-4-5-7-15(14)20)21-16(24)11-28-17(25)9-8-13-10-22(2)19(27)23(3)18(13)26/h4-10,12H,11H2,1-3H3,(H,21,24). The zero-order valence-electron chi connectivity index (χ0n) is 15.6. The van der Waals surface area contributed by atoms with Gasteiger partial charge in [-0.2, -0.15) is 0 Å². The number of hydrogen-bond donors (Lipinski definition) is 1. The highest BCUT2D eigenvalue weighted by atomic mass is 35.5. The predicted octanol–water partition coefficient (Wildman–Crippen LogP) is 1.17. The van der Waals surface area contributed by atoms with Crippen molar-refractivity contribution in [1.29, 1.82) is 0 Å². The largest absolute Gasteiger partial charge is 0.452 e. The van der Waals surface area contributed by atoms with Crippen LogP contribution in [0.4, 0.5) is 0 Å². The minimum absolute atomic E-state index is 0.137. The van der Waals surface area contributed by atoms with Gasteiger partial charge in [-0.1, -0.05) is 29.8 Å². The molecule has 0 fully saturated rings. The van der Waals surface area contributed by atoms with Gasteiger partial charge < -0.3 is 14.6 Å². The number of benzene rings is 1. The Kier molecular flexibility index (Phi) is 6.94. The van der Waals surface area contributed by atoms with Gasteiger partial charge in [-0.25, -0.2) is 9.59 Å². The molecule has 1 atom stereocenters. The molecule has 0 bridgehead atoms. The van der Waals surface area contributed by atoms with Crippen LogP contribution in [0.5, 0.6) is 0 Å². The number of ether oxygens (including phenoxy) is 1. The molecule has 1 unspecified atom stereocenters. The van der Waals surface area contributed by atoms with Gasteiger partial charge in [0.15, 0.2) is 6.61 Å². The molecule has 0 saturated heterocycles. The maximum Gasteiger partial charge on any atom is 0.331 e. The van der Waals surface area contributed by atoms with E-state index in [2.05, 4.69) is 5.32 Å². The van der Waals surface area contributed by atoms with Gasteiger partial charge in [-0.3, -0.25) is 14.2 Å². The molecule has 1 aromatic heterocycles. The number of carbonyl (C=O) groups excluding carboxylic acids is 2. The van der Waals surface area contributed by atoms with E-state index in [1.807, 2.05) is 0 Å². The van der Waals surface area contributed by atoms with Crippen LogP contribution in [0.2, 0.25) is 5.02 Å². The van der Waals surface area contributed by atoms with Gasteiger partial charge >= 0.3 is 11.7 Å². The fraction of sp³-hybridized carbons (Fsp3) is 0.263. The Labute approximate surface area is 166 Å². The summed E-state index contributed by atoms with van der Waals surface area (Å²) in [6.07, 6.45) is 3.56. The van der Waals surface area contributed by atoms with Crippen molar-refractivity contribution in [3.8, 4) is 0 Å². The molecule has 0 radical (unpaired) electrons. The average Bonchev–Trinajstić information content (AvgIpc) is 2.66. The maximum absolute atomic E-state index is 12.0. The number of rotatable bonds is 6. The SMILES string of the molecule is CC(NC(=O)COC(=O)C=Cc1cn(C)c(=O)n(C)c1=O)c1ccccc1Cl. The Bertz CT molecular complexity index is 1040. The van der Waals surface area contributed by atoms with Crippen LogP contribution in [0, 0.1) is 0 Å². The predicted molar refractivity (Wildman–Crippen MR) is 105 cm³/mol. The number of nitrogens with zero attached hydrogens (tertiary/aromatic N) is 2. The van der Waals surface area contributed by atoms with Gasteiger partial charge in [0.25, 0.3) is 11.5 Å². The smallest absolute Gasteiger partial charge is 0.331 e. The van der Waals surface area contributed by atoms with Crippen LogP contribution >= 0.6 is 11.6 Å². The zero-order chi connectivity index (χ0) is 20.8. The van der Waals surface area contributed by atoms with Crippen molar-refractivity contribution in [2.45, 2.75) is 13.0 Å². The molecular formula is C19H20ClN3O5. The number of esters is 1. The molecule has 1 aromatic carbocycles. The Morgan fingerprint density at radius 1 is 1.25 bits per heavy atom. The zero-order valence-corrected chi connectivity index (χ0v) is 16.4. The van der Waals surface area contributed by atoms with Gasteiger partial charge in [0.2, 0.25) is 0 Å². The lowest BCUT2D eigenvalue weighted by Crippen LogP contribution is -2.37. The van der Waals surface area contributed by atoms with Crippen LogP contribution in [-0.4, -0.2) is 27.6 Å². The Balaban J connectivity index is 1.93. The third-order valence-corrected chi connectivity index (χ3v) is 4.31. The lowest BCUT2D eigenvalue weighted by molar-refractivity contribution is -0.144. The van der Waals surface area contributed by atoms with Gasteiger partial charge in [0.05, 0.1) is 11.6 Å². The molecule has 148 valence electrons. The van der Waals surface area contributed by atoms with Crippen molar-refractivity contribution in [3.05, 3.63) is 73.5 Å². The quantitative estimate of drug-likeness (QED) is 0.574. The van der Waals surface area contributed by atoms with Crippen LogP contribution in [0.15, 0.2) is 46.1 Å². The number of hydrogen-bond acceptors (Lipinski definition) is 5. The van der Waals surface area contributed by atoms with Gasteiger partial charge in [-0.15, -0.1) is 0 Å². The third kappa shape index (κ3) is 5.20. The first-order valence-electron chi connectivity index (χ1n) is 8.36. The summed E-state index contributed by atoms with van der Waals surface area (Å²) in [5.41, 5.74) is -0.139. The van der Waals surface area contributed by atoms with E-state index < -0.39 is 29.7 Å². The van der Waals surface area contributed by atoms with Crippen molar-refractivity contribution in [1.82, 2.24) is 14.5 Å². The maximum atomic E-state index is 12.0. The molecule has 1 N–H and O–H groups in total. The fourth-order valence-electron chi connectivity index (χ4n) is 2.48. The molecule has 0 saturated carbocycles. The lowest BCUT2D eigenvalue weighted by atomic mass is 10.1. The number of aromatic nitrogens is 2. The molecule has 0 spiro atoms. The molecule has 1 heterocycles. The number of amides is 1. The van der Waals surface area contributed by atoms with E-state index in [9.17, 15) is 19.2 Å². The minimum atomic E-state index is -0.795. The van der Waals surface area contributed by atoms with Gasteiger partial charge in [0, 0.05) is 31.4 Å². The summed E-state index contributed by atoms with van der Waals surface area (Å²) in [4.78, 5) is 47.3. The molecule has 0 aliphatic rings. The van der Waals surface area contributed by atoms with Crippen LogP contribution in [-0.2, 0) is 28.4 Å². The molecule has 0 aliphatic carbocycles. The van der Waals surface area contributed by atoms with Crippen molar-refractivity contribution in [2.24, 2.45) is 14.1 Å². The molecule has 9 heteroatoms. The van der Waals surface area contributed by atoms with E-state index in [4.69, 9.17) is 16.3 Å². The number of aryl methyl sites for hydroxylation is 1. The van der Waals surface area contributed by atoms with Crippen LogP contribution in [0.3, 0.4) is 0 Å².